The number of aryl methyl sites for hydroxylation is 1. The zero-order valence-corrected chi connectivity index (χ0v) is 17.5. The van der Waals surface area contributed by atoms with E-state index in [1.54, 1.807) is 16.7 Å². The third kappa shape index (κ3) is 3.42. The number of benzene rings is 2. The zero-order chi connectivity index (χ0) is 21.4. The Kier molecular flexibility index (Phi) is 4.87. The van der Waals surface area contributed by atoms with Crippen molar-refractivity contribution in [1.82, 2.24) is 29.3 Å². The van der Waals surface area contributed by atoms with Crippen molar-refractivity contribution in [2.24, 2.45) is 0 Å². The van der Waals surface area contributed by atoms with E-state index in [4.69, 9.17) is 4.52 Å². The zero-order valence-electron chi connectivity index (χ0n) is 16.7. The summed E-state index contributed by atoms with van der Waals surface area (Å²) in [5.41, 5.74) is 2.70. The number of para-hydroxylation sites is 1. The van der Waals surface area contributed by atoms with Gasteiger partial charge in [0, 0.05) is 12.1 Å². The summed E-state index contributed by atoms with van der Waals surface area (Å²) in [5, 5.41) is 13.9. The minimum atomic E-state index is -0.119. The third-order valence-corrected chi connectivity index (χ3v) is 5.81. The predicted octanol–water partition coefficient (Wildman–Crippen LogP) is 3.88. The molecule has 5 aromatic rings. The maximum atomic E-state index is 12.9. The largest absolute Gasteiger partial charge is 0.338 e. The van der Waals surface area contributed by atoms with Crippen LogP contribution in [-0.2, 0) is 12.3 Å². The molecule has 31 heavy (non-hydrogen) atoms. The number of hydrogen-bond acceptors (Lipinski definition) is 7. The molecule has 3 heterocycles. The number of nitrogens with zero attached hydrogens (tertiary/aromatic N) is 6. The molecule has 0 bridgehead atoms. The van der Waals surface area contributed by atoms with E-state index in [9.17, 15) is 4.79 Å². The van der Waals surface area contributed by atoms with Gasteiger partial charge >= 0.3 is 0 Å². The Balaban J connectivity index is 1.50. The highest BCUT2D eigenvalue weighted by atomic mass is 32.2. The molecule has 0 radical (unpaired) electrons. The second-order valence-corrected chi connectivity index (χ2v) is 7.95. The monoisotopic (exact) mass is 430 g/mol. The van der Waals surface area contributed by atoms with Gasteiger partial charge in [0.05, 0.1) is 16.7 Å². The third-order valence-electron chi connectivity index (χ3n) is 4.89. The first kappa shape index (κ1) is 19.3. The van der Waals surface area contributed by atoms with E-state index in [-0.39, 0.29) is 5.56 Å². The van der Waals surface area contributed by atoms with Gasteiger partial charge in [0.2, 0.25) is 17.5 Å². The lowest BCUT2D eigenvalue weighted by Crippen LogP contribution is -2.22. The molecule has 5 rings (SSSR count). The van der Waals surface area contributed by atoms with Gasteiger partial charge in [-0.15, -0.1) is 16.8 Å². The first-order valence-corrected chi connectivity index (χ1v) is 10.6. The highest BCUT2D eigenvalue weighted by Crippen LogP contribution is 2.25. The predicted molar refractivity (Wildman–Crippen MR) is 119 cm³/mol. The van der Waals surface area contributed by atoms with Gasteiger partial charge < -0.3 is 4.52 Å². The molecule has 154 valence electrons. The molecule has 9 heteroatoms. The van der Waals surface area contributed by atoms with E-state index in [0.717, 1.165) is 11.1 Å². The Labute approximate surface area is 181 Å². The van der Waals surface area contributed by atoms with Crippen LogP contribution < -0.4 is 5.56 Å². The fraction of sp³-hybridized carbons (Fsp3) is 0.136. The summed E-state index contributed by atoms with van der Waals surface area (Å²) >= 11 is 1.42. The molecule has 3 aromatic heterocycles. The molecule has 0 saturated carbocycles. The summed E-state index contributed by atoms with van der Waals surface area (Å²) in [6, 6.07) is 15.4. The Bertz CT molecular complexity index is 1470. The lowest BCUT2D eigenvalue weighted by molar-refractivity contribution is 0.391. The van der Waals surface area contributed by atoms with Crippen LogP contribution in [-0.4, -0.2) is 29.3 Å². The lowest BCUT2D eigenvalue weighted by Gasteiger charge is -2.09. The van der Waals surface area contributed by atoms with Crippen LogP contribution in [0.4, 0.5) is 0 Å². The molecule has 8 nitrogen and oxygen atoms in total. The van der Waals surface area contributed by atoms with E-state index < -0.39 is 0 Å². The van der Waals surface area contributed by atoms with Gasteiger partial charge in [0.25, 0.3) is 5.56 Å². The molecule has 0 amide bonds. The van der Waals surface area contributed by atoms with E-state index in [2.05, 4.69) is 26.9 Å². The van der Waals surface area contributed by atoms with E-state index in [0.29, 0.717) is 40.3 Å². The average Bonchev–Trinajstić information content (AvgIpc) is 3.43. The number of aromatic nitrogens is 6. The Morgan fingerprint density at radius 2 is 1.94 bits per heavy atom. The van der Waals surface area contributed by atoms with Crippen LogP contribution in [0.1, 0.15) is 11.5 Å². The molecule has 2 aromatic carbocycles. The van der Waals surface area contributed by atoms with Crippen molar-refractivity contribution in [1.29, 1.82) is 0 Å². The Morgan fingerprint density at radius 1 is 1.13 bits per heavy atom. The minimum Gasteiger partial charge on any atom is -0.338 e. The van der Waals surface area contributed by atoms with Gasteiger partial charge in [-0.2, -0.15) is 4.98 Å². The summed E-state index contributed by atoms with van der Waals surface area (Å²) in [6.07, 6.45) is 1.67. The molecule has 0 atom stereocenters. The SMILES string of the molecule is C=CCn1c(=O)c2ccccc2n2c(SCc3nc(-c4ccc(C)cc4)no3)nnc12. The summed E-state index contributed by atoms with van der Waals surface area (Å²) in [7, 11) is 0. The van der Waals surface area contributed by atoms with Crippen molar-refractivity contribution >= 4 is 28.4 Å². The Morgan fingerprint density at radius 3 is 2.74 bits per heavy atom. The van der Waals surface area contributed by atoms with Gasteiger partial charge in [0.15, 0.2) is 5.16 Å². The molecule has 0 N–H and O–H groups in total. The first-order chi connectivity index (χ1) is 15.2. The number of thioether (sulfide) groups is 1. The van der Waals surface area contributed by atoms with Gasteiger partial charge in [-0.05, 0) is 19.1 Å². The number of fused-ring (bicyclic) bond motifs is 3. The van der Waals surface area contributed by atoms with Crippen molar-refractivity contribution in [2.45, 2.75) is 24.4 Å². The van der Waals surface area contributed by atoms with Crippen LogP contribution in [0.25, 0.3) is 28.1 Å². The number of rotatable bonds is 6. The standard InChI is InChI=1S/C22H18N6O2S/c1-3-12-27-20(29)16-6-4-5-7-17(16)28-21(27)24-25-22(28)31-13-18-23-19(26-30-18)15-10-8-14(2)9-11-15/h3-11H,1,12-13H2,2H3. The smallest absolute Gasteiger partial charge is 0.263 e. The van der Waals surface area contributed by atoms with Crippen molar-refractivity contribution in [3.05, 3.63) is 83.0 Å². The van der Waals surface area contributed by atoms with E-state index in [1.807, 2.05) is 53.8 Å². The summed E-state index contributed by atoms with van der Waals surface area (Å²) < 4.78 is 8.86. The number of hydrogen-bond donors (Lipinski definition) is 0. The second-order valence-electron chi connectivity index (χ2n) is 7.01. The molecule has 0 fully saturated rings. The van der Waals surface area contributed by atoms with E-state index >= 15 is 0 Å². The first-order valence-electron chi connectivity index (χ1n) is 9.65. The summed E-state index contributed by atoms with van der Waals surface area (Å²) in [6.45, 7) is 6.13. The molecular formula is C22H18N6O2S. The number of allylic oxidation sites excluding steroid dienone is 1. The lowest BCUT2D eigenvalue weighted by atomic mass is 10.1. The van der Waals surface area contributed by atoms with Crippen LogP contribution in [0.3, 0.4) is 0 Å². The highest BCUT2D eigenvalue weighted by Gasteiger charge is 2.17. The van der Waals surface area contributed by atoms with Crippen molar-refractivity contribution in [2.75, 3.05) is 0 Å². The molecule has 0 aliphatic carbocycles. The molecule has 0 aliphatic rings. The van der Waals surface area contributed by atoms with Gasteiger partial charge in [-0.1, -0.05) is 65.0 Å². The van der Waals surface area contributed by atoms with Crippen LogP contribution in [0.5, 0.6) is 0 Å². The quantitative estimate of drug-likeness (QED) is 0.298. The fourth-order valence-electron chi connectivity index (χ4n) is 3.38. The second kappa shape index (κ2) is 7.84. The van der Waals surface area contributed by atoms with Crippen LogP contribution in [0.15, 0.2) is 75.7 Å². The van der Waals surface area contributed by atoms with Crippen LogP contribution in [0, 0.1) is 6.92 Å². The van der Waals surface area contributed by atoms with Gasteiger partial charge in [-0.3, -0.25) is 13.8 Å². The Hall–Kier alpha value is -3.72. The fourth-order valence-corrected chi connectivity index (χ4v) is 4.16. The normalized spacial score (nSPS) is 11.4. The molecular weight excluding hydrogens is 412 g/mol. The van der Waals surface area contributed by atoms with Gasteiger partial charge in [-0.25, -0.2) is 0 Å². The molecule has 0 unspecified atom stereocenters. The maximum absolute atomic E-state index is 12.9. The summed E-state index contributed by atoms with van der Waals surface area (Å²) in [4.78, 5) is 17.4. The molecule has 0 saturated heterocycles. The highest BCUT2D eigenvalue weighted by molar-refractivity contribution is 7.98. The van der Waals surface area contributed by atoms with Crippen molar-refractivity contribution < 1.29 is 4.52 Å². The average molecular weight is 430 g/mol. The minimum absolute atomic E-state index is 0.119. The van der Waals surface area contributed by atoms with Crippen LogP contribution >= 0.6 is 11.8 Å². The van der Waals surface area contributed by atoms with Crippen molar-refractivity contribution in [3.63, 3.8) is 0 Å². The van der Waals surface area contributed by atoms with E-state index in [1.165, 1.54) is 17.3 Å². The van der Waals surface area contributed by atoms with Crippen molar-refractivity contribution in [3.8, 4) is 11.4 Å². The maximum Gasteiger partial charge on any atom is 0.263 e. The topological polar surface area (TPSA) is 91.1 Å². The molecule has 0 aliphatic heterocycles. The molecule has 0 spiro atoms. The van der Waals surface area contributed by atoms with Crippen LogP contribution in [0.2, 0.25) is 0 Å². The summed E-state index contributed by atoms with van der Waals surface area (Å²) in [5.74, 6) is 1.93. The van der Waals surface area contributed by atoms with Gasteiger partial charge in [0.1, 0.15) is 0 Å².